The number of anilines is 2. The van der Waals surface area contributed by atoms with Gasteiger partial charge in [0.05, 0.1) is 11.4 Å². The van der Waals surface area contributed by atoms with Gasteiger partial charge in [-0.1, -0.05) is 46.3 Å². The van der Waals surface area contributed by atoms with E-state index in [9.17, 15) is 0 Å². The summed E-state index contributed by atoms with van der Waals surface area (Å²) in [6.07, 6.45) is 1.01. The number of nitrogens with zero attached hydrogens (tertiary/aromatic N) is 1. The lowest BCUT2D eigenvalue weighted by atomic mass is 9.96. The number of nitrogens with two attached hydrogens (primary N) is 2. The quantitative estimate of drug-likeness (QED) is 0.831. The summed E-state index contributed by atoms with van der Waals surface area (Å²) in [6, 6.07) is 12.4. The van der Waals surface area contributed by atoms with Gasteiger partial charge in [-0.2, -0.15) is 0 Å². The topological polar surface area (TPSA) is 55.3 Å². The van der Waals surface area contributed by atoms with Gasteiger partial charge in [0, 0.05) is 24.1 Å². The van der Waals surface area contributed by atoms with Crippen LogP contribution in [0.25, 0.3) is 0 Å². The minimum Gasteiger partial charge on any atom is -0.397 e. The molecule has 0 spiro atoms. The van der Waals surface area contributed by atoms with Crippen molar-refractivity contribution in [2.24, 2.45) is 0 Å². The predicted molar refractivity (Wildman–Crippen MR) is 87.2 cm³/mol. The average molecular weight is 332 g/mol. The number of fused-ring (bicyclic) bond motifs is 1. The first kappa shape index (κ1) is 13.5. The van der Waals surface area contributed by atoms with Crippen molar-refractivity contribution < 1.29 is 0 Å². The van der Waals surface area contributed by atoms with E-state index in [0.717, 1.165) is 36.2 Å². The van der Waals surface area contributed by atoms with Crippen molar-refractivity contribution in [2.45, 2.75) is 19.5 Å². The molecule has 0 amide bonds. The van der Waals surface area contributed by atoms with Crippen molar-refractivity contribution in [2.75, 3.05) is 18.0 Å². The van der Waals surface area contributed by atoms with Crippen molar-refractivity contribution in [1.82, 2.24) is 4.90 Å². The number of hydrogen-bond acceptors (Lipinski definition) is 3. The Kier molecular flexibility index (Phi) is 3.68. The Hall–Kier alpha value is -1.52. The summed E-state index contributed by atoms with van der Waals surface area (Å²) in [6.45, 7) is 2.86. The Bertz CT molecular complexity index is 625. The van der Waals surface area contributed by atoms with Crippen LogP contribution in [0.2, 0.25) is 0 Å². The van der Waals surface area contributed by atoms with Crippen molar-refractivity contribution in [3.05, 3.63) is 57.6 Å². The first-order valence-corrected chi connectivity index (χ1v) is 7.56. The third-order valence-corrected chi connectivity index (χ3v) is 4.59. The van der Waals surface area contributed by atoms with Gasteiger partial charge in [-0.15, -0.1) is 0 Å². The van der Waals surface area contributed by atoms with Gasteiger partial charge in [0.25, 0.3) is 0 Å². The molecule has 20 heavy (non-hydrogen) atoms. The molecule has 0 aliphatic carbocycles. The first-order chi connectivity index (χ1) is 9.65. The van der Waals surface area contributed by atoms with Gasteiger partial charge in [0.2, 0.25) is 0 Å². The number of nitrogen functional groups attached to an aromatic ring is 2. The van der Waals surface area contributed by atoms with Crippen LogP contribution < -0.4 is 11.5 Å². The van der Waals surface area contributed by atoms with Gasteiger partial charge in [-0.05, 0) is 29.2 Å². The number of benzene rings is 2. The minimum atomic E-state index is 0.664. The molecule has 0 saturated heterocycles. The second-order valence-corrected chi connectivity index (χ2v) is 6.12. The molecule has 0 bridgehead atoms. The lowest BCUT2D eigenvalue weighted by Gasteiger charge is -2.30. The third kappa shape index (κ3) is 2.53. The molecule has 0 fully saturated rings. The third-order valence-electron chi connectivity index (χ3n) is 3.88. The van der Waals surface area contributed by atoms with E-state index in [4.69, 9.17) is 11.5 Å². The molecule has 0 aromatic heterocycles. The maximum absolute atomic E-state index is 6.16. The van der Waals surface area contributed by atoms with E-state index in [1.807, 2.05) is 12.1 Å². The van der Waals surface area contributed by atoms with Gasteiger partial charge in [-0.3, -0.25) is 4.90 Å². The second-order valence-electron chi connectivity index (χ2n) is 5.26. The lowest BCUT2D eigenvalue weighted by molar-refractivity contribution is 0.246. The molecule has 0 atom stereocenters. The Morgan fingerprint density at radius 1 is 1.10 bits per heavy atom. The standard InChI is InChI=1S/C16H18BrN3/c17-14-8-15(18)16(19)13-10-20(7-6-12(13)14)9-11-4-2-1-3-5-11/h1-5,8H,6-7,9-10,18-19H2. The maximum Gasteiger partial charge on any atom is 0.0597 e. The zero-order valence-electron chi connectivity index (χ0n) is 11.3. The fourth-order valence-electron chi connectivity index (χ4n) is 2.78. The number of hydrogen-bond donors (Lipinski definition) is 2. The monoisotopic (exact) mass is 331 g/mol. The van der Waals surface area contributed by atoms with Crippen LogP contribution in [0.15, 0.2) is 40.9 Å². The Balaban J connectivity index is 1.85. The van der Waals surface area contributed by atoms with Crippen LogP contribution >= 0.6 is 15.9 Å². The summed E-state index contributed by atoms with van der Waals surface area (Å²) < 4.78 is 1.08. The van der Waals surface area contributed by atoms with Crippen LogP contribution in [0.3, 0.4) is 0 Å². The fraction of sp³-hybridized carbons (Fsp3) is 0.250. The molecule has 104 valence electrons. The van der Waals surface area contributed by atoms with Crippen LogP contribution in [-0.2, 0) is 19.5 Å². The molecule has 2 aromatic carbocycles. The highest BCUT2D eigenvalue weighted by Crippen LogP contribution is 2.35. The predicted octanol–water partition coefficient (Wildman–Crippen LogP) is 3.17. The SMILES string of the molecule is Nc1cc(Br)c2c(c1N)CN(Cc1ccccc1)CC2. The van der Waals surface area contributed by atoms with E-state index in [0.29, 0.717) is 5.69 Å². The Labute approximate surface area is 127 Å². The van der Waals surface area contributed by atoms with E-state index >= 15 is 0 Å². The maximum atomic E-state index is 6.16. The van der Waals surface area contributed by atoms with Crippen LogP contribution in [0.5, 0.6) is 0 Å². The molecule has 0 saturated carbocycles. The largest absolute Gasteiger partial charge is 0.397 e. The van der Waals surface area contributed by atoms with Crippen LogP contribution in [0.4, 0.5) is 11.4 Å². The number of rotatable bonds is 2. The molecular weight excluding hydrogens is 314 g/mol. The Morgan fingerprint density at radius 2 is 1.85 bits per heavy atom. The summed E-state index contributed by atoms with van der Waals surface area (Å²) in [7, 11) is 0. The zero-order valence-corrected chi connectivity index (χ0v) is 12.9. The number of halogens is 1. The summed E-state index contributed by atoms with van der Waals surface area (Å²) in [5.74, 6) is 0. The molecule has 3 rings (SSSR count). The van der Waals surface area contributed by atoms with E-state index in [2.05, 4.69) is 45.1 Å². The van der Waals surface area contributed by atoms with Gasteiger partial charge in [0.1, 0.15) is 0 Å². The molecule has 1 aliphatic heterocycles. The zero-order chi connectivity index (χ0) is 14.1. The summed E-state index contributed by atoms with van der Waals surface area (Å²) >= 11 is 3.60. The van der Waals surface area contributed by atoms with Crippen LogP contribution in [0, 0.1) is 0 Å². The molecule has 4 heteroatoms. The van der Waals surface area contributed by atoms with Gasteiger partial charge < -0.3 is 11.5 Å². The highest BCUT2D eigenvalue weighted by Gasteiger charge is 2.21. The molecule has 1 aliphatic rings. The summed E-state index contributed by atoms with van der Waals surface area (Å²) in [5.41, 5.74) is 17.3. The minimum absolute atomic E-state index is 0.664. The highest BCUT2D eigenvalue weighted by molar-refractivity contribution is 9.10. The van der Waals surface area contributed by atoms with E-state index in [1.165, 1.54) is 16.7 Å². The van der Waals surface area contributed by atoms with E-state index in [-0.39, 0.29) is 0 Å². The Morgan fingerprint density at radius 3 is 2.60 bits per heavy atom. The molecular formula is C16H18BrN3. The van der Waals surface area contributed by atoms with Crippen LogP contribution in [0.1, 0.15) is 16.7 Å². The van der Waals surface area contributed by atoms with E-state index < -0.39 is 0 Å². The van der Waals surface area contributed by atoms with Gasteiger partial charge >= 0.3 is 0 Å². The summed E-state index contributed by atoms with van der Waals surface area (Å²) in [5, 5.41) is 0. The second kappa shape index (κ2) is 5.46. The average Bonchev–Trinajstić information content (AvgIpc) is 2.46. The van der Waals surface area contributed by atoms with Crippen molar-refractivity contribution in [3.63, 3.8) is 0 Å². The van der Waals surface area contributed by atoms with Crippen molar-refractivity contribution >= 4 is 27.3 Å². The molecule has 4 N–H and O–H groups in total. The van der Waals surface area contributed by atoms with Gasteiger partial charge in [0.15, 0.2) is 0 Å². The molecule has 0 radical (unpaired) electrons. The molecule has 1 heterocycles. The van der Waals surface area contributed by atoms with Crippen molar-refractivity contribution in [3.8, 4) is 0 Å². The normalized spacial score (nSPS) is 15.1. The van der Waals surface area contributed by atoms with Gasteiger partial charge in [-0.25, -0.2) is 0 Å². The molecule has 2 aromatic rings. The highest BCUT2D eigenvalue weighted by atomic mass is 79.9. The van der Waals surface area contributed by atoms with Crippen molar-refractivity contribution in [1.29, 1.82) is 0 Å². The summed E-state index contributed by atoms with van der Waals surface area (Å²) in [4.78, 5) is 2.42. The smallest absolute Gasteiger partial charge is 0.0597 e. The first-order valence-electron chi connectivity index (χ1n) is 6.76. The molecule has 3 nitrogen and oxygen atoms in total. The van der Waals surface area contributed by atoms with E-state index in [1.54, 1.807) is 0 Å². The fourth-order valence-corrected chi connectivity index (χ4v) is 3.47. The molecule has 0 unspecified atom stereocenters. The lowest BCUT2D eigenvalue weighted by Crippen LogP contribution is -2.31. The van der Waals surface area contributed by atoms with Crippen LogP contribution in [-0.4, -0.2) is 11.4 Å².